The summed E-state index contributed by atoms with van der Waals surface area (Å²) in [5.41, 5.74) is 0.933. The van der Waals surface area contributed by atoms with E-state index in [9.17, 15) is 0 Å². The van der Waals surface area contributed by atoms with Gasteiger partial charge in [-0.25, -0.2) is 9.97 Å². The number of hydrogen-bond acceptors (Lipinski definition) is 5. The molecule has 3 heterocycles. The Bertz CT molecular complexity index is 592. The first-order valence-corrected chi connectivity index (χ1v) is 7.21. The third kappa shape index (κ3) is 2.31. The second kappa shape index (κ2) is 5.28. The van der Waals surface area contributed by atoms with Crippen molar-refractivity contribution in [3.8, 4) is 0 Å². The van der Waals surface area contributed by atoms with Gasteiger partial charge in [-0.05, 0) is 20.9 Å². The lowest BCUT2D eigenvalue weighted by Crippen LogP contribution is -2.51. The molecule has 1 aliphatic heterocycles. The Balaban J connectivity index is 2.02. The van der Waals surface area contributed by atoms with Crippen LogP contribution in [0.3, 0.4) is 0 Å². The van der Waals surface area contributed by atoms with E-state index in [0.29, 0.717) is 6.04 Å². The third-order valence-electron chi connectivity index (χ3n) is 3.82. The van der Waals surface area contributed by atoms with Gasteiger partial charge in [0.05, 0.1) is 6.20 Å². The number of fused-ring (bicyclic) bond motifs is 1. The second-order valence-corrected chi connectivity index (χ2v) is 5.44. The molecule has 2 aromatic heterocycles. The van der Waals surface area contributed by atoms with E-state index < -0.39 is 0 Å². The van der Waals surface area contributed by atoms with Crippen molar-refractivity contribution in [3.05, 3.63) is 18.6 Å². The number of likely N-dealkylation sites (N-methyl/N-ethyl adjacent to an activating group) is 1. The standard InChI is InChI=1S/C14H22N6/c1-4-15-12-10-19-6-5-16-13(19)14(17-12)20-8-7-18(3)9-11(20)2/h5-6,10-11,15H,4,7-9H2,1-3H3. The van der Waals surface area contributed by atoms with Crippen molar-refractivity contribution in [2.45, 2.75) is 19.9 Å². The Kier molecular flexibility index (Phi) is 3.48. The highest BCUT2D eigenvalue weighted by atomic mass is 15.3. The second-order valence-electron chi connectivity index (χ2n) is 5.44. The van der Waals surface area contributed by atoms with Gasteiger partial charge >= 0.3 is 0 Å². The van der Waals surface area contributed by atoms with Crippen LogP contribution in [0.5, 0.6) is 0 Å². The van der Waals surface area contributed by atoms with Crippen LogP contribution >= 0.6 is 0 Å². The lowest BCUT2D eigenvalue weighted by molar-refractivity contribution is 0.275. The van der Waals surface area contributed by atoms with Gasteiger partial charge in [0, 0.05) is 44.6 Å². The van der Waals surface area contributed by atoms with E-state index in [1.54, 1.807) is 0 Å². The summed E-state index contributed by atoms with van der Waals surface area (Å²) in [6.07, 6.45) is 5.80. The van der Waals surface area contributed by atoms with Crippen molar-refractivity contribution in [1.29, 1.82) is 0 Å². The number of nitrogens with zero attached hydrogens (tertiary/aromatic N) is 5. The predicted molar refractivity (Wildman–Crippen MR) is 81.5 cm³/mol. The Morgan fingerprint density at radius 3 is 3.00 bits per heavy atom. The molecule has 6 heteroatoms. The van der Waals surface area contributed by atoms with Gasteiger partial charge < -0.3 is 19.5 Å². The van der Waals surface area contributed by atoms with Crippen molar-refractivity contribution in [3.63, 3.8) is 0 Å². The van der Waals surface area contributed by atoms with Crippen LogP contribution in [0.4, 0.5) is 11.6 Å². The molecule has 3 rings (SSSR count). The summed E-state index contributed by atoms with van der Waals surface area (Å²) < 4.78 is 2.05. The molecule has 0 aromatic carbocycles. The van der Waals surface area contributed by atoms with Crippen LogP contribution in [0, 0.1) is 0 Å². The minimum atomic E-state index is 0.443. The molecule has 20 heavy (non-hydrogen) atoms. The quantitative estimate of drug-likeness (QED) is 0.914. The van der Waals surface area contributed by atoms with E-state index in [4.69, 9.17) is 4.98 Å². The molecule has 6 nitrogen and oxygen atoms in total. The summed E-state index contributed by atoms with van der Waals surface area (Å²) in [7, 11) is 2.17. The maximum Gasteiger partial charge on any atom is 0.180 e. The molecule has 1 N–H and O–H groups in total. The molecule has 1 fully saturated rings. The molecule has 1 aliphatic rings. The normalized spacial score (nSPS) is 20.6. The molecule has 0 saturated carbocycles. The fourth-order valence-electron chi connectivity index (χ4n) is 2.83. The zero-order valence-electron chi connectivity index (χ0n) is 12.4. The van der Waals surface area contributed by atoms with Crippen LogP contribution in [0.1, 0.15) is 13.8 Å². The van der Waals surface area contributed by atoms with Gasteiger partial charge in [-0.15, -0.1) is 0 Å². The summed E-state index contributed by atoms with van der Waals surface area (Å²) in [6.45, 7) is 8.30. The van der Waals surface area contributed by atoms with Crippen LogP contribution in [0.25, 0.3) is 5.65 Å². The van der Waals surface area contributed by atoms with Crippen LogP contribution in [0.15, 0.2) is 18.6 Å². The molecule has 2 aromatic rings. The van der Waals surface area contributed by atoms with E-state index in [-0.39, 0.29) is 0 Å². The van der Waals surface area contributed by atoms with Crippen LogP contribution < -0.4 is 10.2 Å². The highest BCUT2D eigenvalue weighted by Gasteiger charge is 2.25. The van der Waals surface area contributed by atoms with E-state index >= 15 is 0 Å². The Hall–Kier alpha value is -1.82. The zero-order chi connectivity index (χ0) is 14.1. The van der Waals surface area contributed by atoms with E-state index in [1.807, 2.05) is 23.0 Å². The van der Waals surface area contributed by atoms with Crippen molar-refractivity contribution in [2.24, 2.45) is 0 Å². The molecular weight excluding hydrogens is 252 g/mol. The molecule has 1 saturated heterocycles. The largest absolute Gasteiger partial charge is 0.369 e. The van der Waals surface area contributed by atoms with Gasteiger partial charge in [-0.1, -0.05) is 0 Å². The Morgan fingerprint density at radius 1 is 1.40 bits per heavy atom. The molecule has 0 spiro atoms. The molecule has 0 bridgehead atoms. The summed E-state index contributed by atoms with van der Waals surface area (Å²) in [6, 6.07) is 0.443. The summed E-state index contributed by atoms with van der Waals surface area (Å²) >= 11 is 0. The number of piperazine rings is 1. The third-order valence-corrected chi connectivity index (χ3v) is 3.82. The molecule has 0 amide bonds. The summed E-state index contributed by atoms with van der Waals surface area (Å²) in [5, 5.41) is 3.30. The first-order chi connectivity index (χ1) is 9.69. The zero-order valence-corrected chi connectivity index (χ0v) is 12.4. The lowest BCUT2D eigenvalue weighted by Gasteiger charge is -2.39. The number of anilines is 2. The molecule has 1 atom stereocenters. The molecule has 1 unspecified atom stereocenters. The van der Waals surface area contributed by atoms with Gasteiger partial charge in [0.25, 0.3) is 0 Å². The molecule has 0 radical (unpaired) electrons. The number of hydrogen-bond donors (Lipinski definition) is 1. The average molecular weight is 274 g/mol. The molecule has 0 aliphatic carbocycles. The van der Waals surface area contributed by atoms with Gasteiger partial charge in [-0.2, -0.15) is 0 Å². The number of nitrogens with one attached hydrogen (secondary N) is 1. The minimum Gasteiger partial charge on any atom is -0.369 e. The summed E-state index contributed by atoms with van der Waals surface area (Å²) in [4.78, 5) is 14.0. The fraction of sp³-hybridized carbons (Fsp3) is 0.571. The highest BCUT2D eigenvalue weighted by molar-refractivity contribution is 5.67. The first-order valence-electron chi connectivity index (χ1n) is 7.21. The smallest absolute Gasteiger partial charge is 0.180 e. The van der Waals surface area contributed by atoms with E-state index in [0.717, 1.165) is 43.5 Å². The Morgan fingerprint density at radius 2 is 2.25 bits per heavy atom. The van der Waals surface area contributed by atoms with E-state index in [1.165, 1.54) is 0 Å². The van der Waals surface area contributed by atoms with Crippen molar-refractivity contribution in [1.82, 2.24) is 19.3 Å². The maximum absolute atomic E-state index is 4.77. The monoisotopic (exact) mass is 274 g/mol. The van der Waals surface area contributed by atoms with Crippen LogP contribution in [0.2, 0.25) is 0 Å². The van der Waals surface area contributed by atoms with Gasteiger partial charge in [0.2, 0.25) is 0 Å². The van der Waals surface area contributed by atoms with Crippen LogP contribution in [-0.2, 0) is 0 Å². The SMILES string of the molecule is CCNc1cn2ccnc2c(N2CCN(C)CC2C)n1. The average Bonchev–Trinajstić information content (AvgIpc) is 2.86. The number of aromatic nitrogens is 3. The van der Waals surface area contributed by atoms with Gasteiger partial charge in [-0.3, -0.25) is 0 Å². The van der Waals surface area contributed by atoms with Gasteiger partial charge in [0.1, 0.15) is 5.82 Å². The lowest BCUT2D eigenvalue weighted by atomic mass is 10.2. The first kappa shape index (κ1) is 13.2. The molecule has 108 valence electrons. The highest BCUT2D eigenvalue weighted by Crippen LogP contribution is 2.24. The van der Waals surface area contributed by atoms with Crippen molar-refractivity contribution < 1.29 is 0 Å². The fourth-order valence-corrected chi connectivity index (χ4v) is 2.83. The topological polar surface area (TPSA) is 48.7 Å². The Labute approximate surface area is 119 Å². The van der Waals surface area contributed by atoms with Crippen molar-refractivity contribution >= 4 is 17.3 Å². The number of imidazole rings is 1. The predicted octanol–water partition coefficient (Wildman–Crippen LogP) is 1.30. The number of rotatable bonds is 3. The maximum atomic E-state index is 4.77. The van der Waals surface area contributed by atoms with E-state index in [2.05, 4.69) is 41.0 Å². The minimum absolute atomic E-state index is 0.443. The van der Waals surface area contributed by atoms with Crippen LogP contribution in [-0.4, -0.2) is 58.5 Å². The molecular formula is C14H22N6. The summed E-state index contributed by atoms with van der Waals surface area (Å²) in [5.74, 6) is 1.88. The van der Waals surface area contributed by atoms with Crippen molar-refractivity contribution in [2.75, 3.05) is 43.4 Å². The van der Waals surface area contributed by atoms with Gasteiger partial charge in [0.15, 0.2) is 11.5 Å².